The molecule has 2 nitrogen and oxygen atoms in total. The maximum absolute atomic E-state index is 12.9. The van der Waals surface area contributed by atoms with Crippen molar-refractivity contribution >= 4 is 11.4 Å². The summed E-state index contributed by atoms with van der Waals surface area (Å²) in [6.07, 6.45) is -2.67. The number of anilines is 2. The fraction of sp³-hybridized carbons (Fsp3) is 0.250. The van der Waals surface area contributed by atoms with Gasteiger partial charge in [-0.15, -0.1) is 0 Å². The molecule has 1 rings (SSSR count). The van der Waals surface area contributed by atoms with Gasteiger partial charge in [0.2, 0.25) is 0 Å². The van der Waals surface area contributed by atoms with E-state index in [1.165, 1.54) is 0 Å². The van der Waals surface area contributed by atoms with Gasteiger partial charge in [-0.1, -0.05) is 0 Å². The van der Waals surface area contributed by atoms with Crippen molar-refractivity contribution in [3.63, 3.8) is 0 Å². The van der Waals surface area contributed by atoms with E-state index in [0.29, 0.717) is 0 Å². The summed E-state index contributed by atoms with van der Waals surface area (Å²) in [6, 6.07) is 1.72. The van der Waals surface area contributed by atoms with Crippen molar-refractivity contribution in [2.24, 2.45) is 0 Å². The highest BCUT2D eigenvalue weighted by molar-refractivity contribution is 5.54. The number of nitrogen functional groups attached to an aromatic ring is 1. The molecule has 0 aromatic heterocycles. The van der Waals surface area contributed by atoms with Crippen LogP contribution in [0.25, 0.3) is 0 Å². The Morgan fingerprint density at radius 1 is 1.21 bits per heavy atom. The van der Waals surface area contributed by atoms with Crippen LogP contribution in [0.4, 0.5) is 28.9 Å². The van der Waals surface area contributed by atoms with Gasteiger partial charge in [0.25, 0.3) is 6.43 Å². The third-order valence-electron chi connectivity index (χ3n) is 1.50. The quantitative estimate of drug-likeness (QED) is 0.590. The minimum absolute atomic E-state index is 0.0948. The van der Waals surface area contributed by atoms with Gasteiger partial charge in [-0.25, -0.2) is 17.6 Å². The molecule has 0 atom stereocenters. The molecule has 3 N–H and O–H groups in total. The number of benzene rings is 1. The number of hydrogen-bond acceptors (Lipinski definition) is 2. The zero-order chi connectivity index (χ0) is 10.7. The summed E-state index contributed by atoms with van der Waals surface area (Å²) >= 11 is 0. The molecule has 6 heteroatoms. The summed E-state index contributed by atoms with van der Waals surface area (Å²) < 4.78 is 49.3. The van der Waals surface area contributed by atoms with Crippen molar-refractivity contribution < 1.29 is 17.6 Å². The van der Waals surface area contributed by atoms with Crippen LogP contribution in [0.3, 0.4) is 0 Å². The van der Waals surface area contributed by atoms with Crippen molar-refractivity contribution in [1.82, 2.24) is 0 Å². The molecule has 14 heavy (non-hydrogen) atoms. The average Bonchev–Trinajstić information content (AvgIpc) is 2.01. The summed E-state index contributed by atoms with van der Waals surface area (Å²) in [5, 5.41) is 1.95. The molecule has 0 bridgehead atoms. The molecule has 0 radical (unpaired) electrons. The SMILES string of the molecule is Nc1cc(F)c(NCC(F)F)c(F)c1. The third-order valence-corrected chi connectivity index (χ3v) is 1.50. The van der Waals surface area contributed by atoms with Crippen LogP contribution in [0.2, 0.25) is 0 Å². The Bertz CT molecular complexity index is 304. The Balaban J connectivity index is 2.86. The summed E-state index contributed by atoms with van der Waals surface area (Å²) in [5.41, 5.74) is 4.45. The lowest BCUT2D eigenvalue weighted by atomic mass is 10.2. The molecule has 0 amide bonds. The molecule has 1 aromatic carbocycles. The fourth-order valence-corrected chi connectivity index (χ4v) is 0.941. The lowest BCUT2D eigenvalue weighted by Crippen LogP contribution is -2.12. The minimum Gasteiger partial charge on any atom is -0.399 e. The van der Waals surface area contributed by atoms with Gasteiger partial charge in [0, 0.05) is 5.69 Å². The van der Waals surface area contributed by atoms with Gasteiger partial charge in [-0.3, -0.25) is 0 Å². The maximum atomic E-state index is 12.9. The van der Waals surface area contributed by atoms with Gasteiger partial charge < -0.3 is 11.1 Å². The second-order valence-corrected chi connectivity index (χ2v) is 2.63. The van der Waals surface area contributed by atoms with E-state index in [4.69, 9.17) is 5.73 Å². The number of alkyl halides is 2. The number of hydrogen-bond donors (Lipinski definition) is 2. The summed E-state index contributed by atoms with van der Waals surface area (Å²) in [5.74, 6) is -1.97. The summed E-state index contributed by atoms with van der Waals surface area (Å²) in [6.45, 7) is -0.808. The molecule has 0 fully saturated rings. The third kappa shape index (κ3) is 2.51. The number of halogens is 4. The lowest BCUT2D eigenvalue weighted by molar-refractivity contribution is 0.163. The standard InChI is InChI=1S/C8H8F4N2/c9-5-1-4(13)2-6(10)8(5)14-3-7(11)12/h1-2,7,14H,3,13H2. The van der Waals surface area contributed by atoms with E-state index >= 15 is 0 Å². The molecule has 0 saturated carbocycles. The first-order chi connectivity index (χ1) is 6.50. The van der Waals surface area contributed by atoms with E-state index in [1.54, 1.807) is 0 Å². The van der Waals surface area contributed by atoms with Crippen LogP contribution in [0.5, 0.6) is 0 Å². The van der Waals surface area contributed by atoms with Crippen molar-refractivity contribution in [2.75, 3.05) is 17.6 Å². The van der Waals surface area contributed by atoms with E-state index < -0.39 is 30.3 Å². The summed E-state index contributed by atoms with van der Waals surface area (Å²) in [7, 11) is 0. The van der Waals surface area contributed by atoms with Gasteiger partial charge in [0.15, 0.2) is 11.6 Å². The Labute approximate surface area is 77.7 Å². The Hall–Kier alpha value is -1.46. The van der Waals surface area contributed by atoms with E-state index in [1.807, 2.05) is 5.32 Å². The highest BCUT2D eigenvalue weighted by Gasteiger charge is 2.11. The molecule has 0 spiro atoms. The van der Waals surface area contributed by atoms with E-state index in [0.717, 1.165) is 12.1 Å². The highest BCUT2D eigenvalue weighted by Crippen LogP contribution is 2.21. The van der Waals surface area contributed by atoms with Crippen LogP contribution in [-0.4, -0.2) is 13.0 Å². The smallest absolute Gasteiger partial charge is 0.255 e. The predicted molar refractivity (Wildman–Crippen MR) is 45.3 cm³/mol. The van der Waals surface area contributed by atoms with Crippen molar-refractivity contribution in [3.8, 4) is 0 Å². The molecule has 0 aliphatic rings. The maximum Gasteiger partial charge on any atom is 0.255 e. The van der Waals surface area contributed by atoms with Gasteiger partial charge in [0.1, 0.15) is 5.69 Å². The molecule has 0 heterocycles. The number of nitrogens with one attached hydrogen (secondary N) is 1. The number of nitrogens with two attached hydrogens (primary N) is 1. The Kier molecular flexibility index (Phi) is 3.16. The average molecular weight is 208 g/mol. The molecule has 0 aliphatic carbocycles. The van der Waals surface area contributed by atoms with Crippen LogP contribution in [0.1, 0.15) is 0 Å². The molecule has 0 saturated heterocycles. The molecule has 0 unspecified atom stereocenters. The van der Waals surface area contributed by atoms with Gasteiger partial charge in [-0.05, 0) is 12.1 Å². The van der Waals surface area contributed by atoms with Gasteiger partial charge in [-0.2, -0.15) is 0 Å². The molecule has 78 valence electrons. The van der Waals surface area contributed by atoms with Crippen molar-refractivity contribution in [2.45, 2.75) is 6.43 Å². The van der Waals surface area contributed by atoms with Crippen LogP contribution >= 0.6 is 0 Å². The lowest BCUT2D eigenvalue weighted by Gasteiger charge is -2.08. The van der Waals surface area contributed by atoms with Gasteiger partial charge >= 0.3 is 0 Å². The normalized spacial score (nSPS) is 10.6. The molecular formula is C8H8F4N2. The minimum atomic E-state index is -2.67. The molecule has 0 aliphatic heterocycles. The zero-order valence-corrected chi connectivity index (χ0v) is 7.03. The van der Waals surface area contributed by atoms with E-state index in [-0.39, 0.29) is 5.69 Å². The largest absolute Gasteiger partial charge is 0.399 e. The van der Waals surface area contributed by atoms with Crippen LogP contribution < -0.4 is 11.1 Å². The van der Waals surface area contributed by atoms with Crippen LogP contribution in [-0.2, 0) is 0 Å². The Morgan fingerprint density at radius 3 is 2.14 bits per heavy atom. The monoisotopic (exact) mass is 208 g/mol. The van der Waals surface area contributed by atoms with Crippen LogP contribution in [0.15, 0.2) is 12.1 Å². The van der Waals surface area contributed by atoms with Gasteiger partial charge in [0.05, 0.1) is 6.54 Å². The fourth-order valence-electron chi connectivity index (χ4n) is 0.941. The Morgan fingerprint density at radius 2 is 1.71 bits per heavy atom. The highest BCUT2D eigenvalue weighted by atomic mass is 19.3. The second kappa shape index (κ2) is 4.17. The van der Waals surface area contributed by atoms with E-state index in [9.17, 15) is 17.6 Å². The molecular weight excluding hydrogens is 200 g/mol. The topological polar surface area (TPSA) is 38.0 Å². The van der Waals surface area contributed by atoms with Crippen molar-refractivity contribution in [1.29, 1.82) is 0 Å². The van der Waals surface area contributed by atoms with E-state index in [2.05, 4.69) is 0 Å². The first-order valence-electron chi connectivity index (χ1n) is 3.77. The predicted octanol–water partition coefficient (Wildman–Crippen LogP) is 2.22. The second-order valence-electron chi connectivity index (χ2n) is 2.63. The van der Waals surface area contributed by atoms with Crippen molar-refractivity contribution in [3.05, 3.63) is 23.8 Å². The summed E-state index contributed by atoms with van der Waals surface area (Å²) in [4.78, 5) is 0. The zero-order valence-electron chi connectivity index (χ0n) is 7.03. The first-order valence-corrected chi connectivity index (χ1v) is 3.77. The number of rotatable bonds is 3. The van der Waals surface area contributed by atoms with Crippen LogP contribution in [0, 0.1) is 11.6 Å². The first kappa shape index (κ1) is 10.6. The molecule has 1 aromatic rings.